The molecule has 1 fully saturated rings. The lowest BCUT2D eigenvalue weighted by molar-refractivity contribution is 0.214. The Morgan fingerprint density at radius 1 is 1.15 bits per heavy atom. The summed E-state index contributed by atoms with van der Waals surface area (Å²) in [5.74, 6) is 1.65. The number of carbonyl (C=O) groups is 1. The highest BCUT2D eigenvalue weighted by Crippen LogP contribution is 2.39. The summed E-state index contributed by atoms with van der Waals surface area (Å²) in [7, 11) is 0. The fourth-order valence-corrected chi connectivity index (χ4v) is 4.59. The largest absolute Gasteiger partial charge is 0.323 e. The molecule has 0 radical (unpaired) electrons. The minimum absolute atomic E-state index is 0.0254. The third kappa shape index (κ3) is 3.88. The van der Waals surface area contributed by atoms with Crippen molar-refractivity contribution in [2.24, 2.45) is 0 Å². The van der Waals surface area contributed by atoms with Crippen LogP contribution in [0.4, 0.5) is 10.5 Å². The van der Waals surface area contributed by atoms with E-state index in [1.165, 1.54) is 11.1 Å². The Balaban J connectivity index is 1.88. The van der Waals surface area contributed by atoms with Crippen molar-refractivity contribution in [2.75, 3.05) is 17.6 Å². The summed E-state index contributed by atoms with van der Waals surface area (Å²) >= 11 is 1.79. The number of rotatable bonds is 4. The van der Waals surface area contributed by atoms with Crippen molar-refractivity contribution >= 4 is 23.5 Å². The van der Waals surface area contributed by atoms with E-state index in [2.05, 4.69) is 56.2 Å². The number of anilines is 1. The molecule has 1 aliphatic rings. The van der Waals surface area contributed by atoms with Crippen LogP contribution in [0.5, 0.6) is 0 Å². The molecular formula is C21H27N3OS. The van der Waals surface area contributed by atoms with Gasteiger partial charge in [-0.3, -0.25) is 4.98 Å². The Labute approximate surface area is 160 Å². The Kier molecular flexibility index (Phi) is 5.87. The number of hydrogen-bond acceptors (Lipinski definition) is 3. The summed E-state index contributed by atoms with van der Waals surface area (Å²) in [5, 5.41) is 3.26. The Morgan fingerprint density at radius 3 is 2.42 bits per heavy atom. The molecule has 2 heterocycles. The topological polar surface area (TPSA) is 45.2 Å². The maximum atomic E-state index is 13.1. The Hall–Kier alpha value is -2.01. The number of para-hydroxylation sites is 1. The average Bonchev–Trinajstić information content (AvgIpc) is 3.12. The number of amides is 2. The van der Waals surface area contributed by atoms with Gasteiger partial charge < -0.3 is 10.2 Å². The second-order valence-electron chi connectivity index (χ2n) is 7.25. The first-order valence-corrected chi connectivity index (χ1v) is 10.3. The predicted octanol–water partition coefficient (Wildman–Crippen LogP) is 5.61. The van der Waals surface area contributed by atoms with Crippen molar-refractivity contribution in [1.29, 1.82) is 0 Å². The van der Waals surface area contributed by atoms with Crippen molar-refractivity contribution < 1.29 is 4.79 Å². The van der Waals surface area contributed by atoms with Gasteiger partial charge in [0.05, 0.1) is 0 Å². The lowest BCUT2D eigenvalue weighted by Crippen LogP contribution is -2.35. The number of hydrogen-bond donors (Lipinski definition) is 1. The molecule has 1 unspecified atom stereocenters. The maximum Gasteiger partial charge on any atom is 0.323 e. The molecular weight excluding hydrogens is 342 g/mol. The molecule has 1 N–H and O–H groups in total. The van der Waals surface area contributed by atoms with Crippen LogP contribution in [0.25, 0.3) is 0 Å². The predicted molar refractivity (Wildman–Crippen MR) is 110 cm³/mol. The lowest BCUT2D eigenvalue weighted by atomic mass is 9.93. The molecule has 1 aromatic heterocycles. The molecule has 1 aromatic carbocycles. The molecule has 2 aromatic rings. The Morgan fingerprint density at radius 2 is 1.85 bits per heavy atom. The molecule has 1 aliphatic heterocycles. The summed E-state index contributed by atoms with van der Waals surface area (Å²) in [5.41, 5.74) is 4.43. The first-order chi connectivity index (χ1) is 12.5. The molecule has 3 rings (SSSR count). The molecule has 1 saturated heterocycles. The van der Waals surface area contributed by atoms with Crippen molar-refractivity contribution in [3.8, 4) is 0 Å². The summed E-state index contributed by atoms with van der Waals surface area (Å²) < 4.78 is 0. The van der Waals surface area contributed by atoms with Crippen molar-refractivity contribution in [1.82, 2.24) is 9.88 Å². The zero-order chi connectivity index (χ0) is 18.7. The smallest absolute Gasteiger partial charge is 0.308 e. The van der Waals surface area contributed by atoms with Gasteiger partial charge >= 0.3 is 6.03 Å². The summed E-state index contributed by atoms with van der Waals surface area (Å²) in [6, 6.07) is 10.3. The zero-order valence-corrected chi connectivity index (χ0v) is 16.7. The van der Waals surface area contributed by atoms with Crippen molar-refractivity contribution in [3.63, 3.8) is 0 Å². The molecule has 0 spiro atoms. The number of nitrogens with zero attached hydrogens (tertiary/aromatic N) is 2. The third-order valence-electron chi connectivity index (χ3n) is 4.73. The van der Waals surface area contributed by atoms with Gasteiger partial charge in [-0.05, 0) is 29.0 Å². The summed E-state index contributed by atoms with van der Waals surface area (Å²) in [6.07, 6.45) is 3.62. The lowest BCUT2D eigenvalue weighted by Gasteiger charge is -2.27. The number of nitrogens with one attached hydrogen (secondary N) is 1. The minimum Gasteiger partial charge on any atom is -0.308 e. The number of carbonyl (C=O) groups excluding carboxylic acids is 1. The zero-order valence-electron chi connectivity index (χ0n) is 15.9. The third-order valence-corrected chi connectivity index (χ3v) is 5.99. The second kappa shape index (κ2) is 8.12. The highest BCUT2D eigenvalue weighted by Gasteiger charge is 2.31. The SMILES string of the molecule is CC(C)c1cccc(C(C)C)c1NC(=O)N1CCSC1c1cccnc1. The van der Waals surface area contributed by atoms with E-state index in [1.54, 1.807) is 18.0 Å². The van der Waals surface area contributed by atoms with E-state index in [1.807, 2.05) is 23.2 Å². The normalized spacial score (nSPS) is 17.2. The van der Waals surface area contributed by atoms with Crippen LogP contribution >= 0.6 is 11.8 Å². The standard InChI is InChI=1S/C21H27N3OS/c1-14(2)17-8-5-9-18(15(3)4)19(17)23-21(25)24-11-12-26-20(24)16-7-6-10-22-13-16/h5-10,13-15,20H,11-12H2,1-4H3,(H,23,25). The van der Waals surface area contributed by atoms with Gasteiger partial charge in [0.15, 0.2) is 0 Å². The highest BCUT2D eigenvalue weighted by molar-refractivity contribution is 7.99. The van der Waals surface area contributed by atoms with E-state index >= 15 is 0 Å². The summed E-state index contributed by atoms with van der Waals surface area (Å²) in [4.78, 5) is 19.3. The molecule has 26 heavy (non-hydrogen) atoms. The van der Waals surface area contributed by atoms with Crippen LogP contribution in [0, 0.1) is 0 Å². The average molecular weight is 370 g/mol. The molecule has 4 nitrogen and oxygen atoms in total. The van der Waals surface area contributed by atoms with E-state index in [-0.39, 0.29) is 11.4 Å². The van der Waals surface area contributed by atoms with Crippen LogP contribution < -0.4 is 5.32 Å². The maximum absolute atomic E-state index is 13.1. The number of urea groups is 1. The molecule has 0 aliphatic carbocycles. The van der Waals surface area contributed by atoms with Gasteiger partial charge in [0.1, 0.15) is 5.37 Å². The molecule has 5 heteroatoms. The number of aromatic nitrogens is 1. The van der Waals surface area contributed by atoms with Crippen LogP contribution in [0.2, 0.25) is 0 Å². The van der Waals surface area contributed by atoms with Crippen LogP contribution in [0.1, 0.15) is 61.6 Å². The number of benzene rings is 1. The van der Waals surface area contributed by atoms with Gasteiger partial charge in [0.2, 0.25) is 0 Å². The molecule has 1 atom stereocenters. The van der Waals surface area contributed by atoms with E-state index in [4.69, 9.17) is 0 Å². The monoisotopic (exact) mass is 369 g/mol. The van der Waals surface area contributed by atoms with Crippen molar-refractivity contribution in [2.45, 2.75) is 44.9 Å². The van der Waals surface area contributed by atoms with Gasteiger partial charge in [-0.1, -0.05) is 52.0 Å². The van der Waals surface area contributed by atoms with Gasteiger partial charge in [-0.2, -0.15) is 0 Å². The van der Waals surface area contributed by atoms with Crippen LogP contribution in [-0.2, 0) is 0 Å². The summed E-state index contributed by atoms with van der Waals surface area (Å²) in [6.45, 7) is 9.41. The van der Waals surface area contributed by atoms with Crippen molar-refractivity contribution in [3.05, 3.63) is 59.4 Å². The van der Waals surface area contributed by atoms with Gasteiger partial charge in [0, 0.05) is 35.9 Å². The van der Waals surface area contributed by atoms with Gasteiger partial charge in [-0.25, -0.2) is 4.79 Å². The van der Waals surface area contributed by atoms with E-state index in [0.717, 1.165) is 23.5 Å². The first-order valence-electron chi connectivity index (χ1n) is 9.21. The van der Waals surface area contributed by atoms with Crippen LogP contribution in [0.3, 0.4) is 0 Å². The molecule has 138 valence electrons. The number of thioether (sulfide) groups is 1. The minimum atomic E-state index is -0.0288. The van der Waals surface area contributed by atoms with E-state index in [0.29, 0.717) is 11.8 Å². The quantitative estimate of drug-likeness (QED) is 0.762. The van der Waals surface area contributed by atoms with Crippen LogP contribution in [0.15, 0.2) is 42.7 Å². The van der Waals surface area contributed by atoms with Gasteiger partial charge in [0.25, 0.3) is 0 Å². The molecule has 0 saturated carbocycles. The Bertz CT molecular complexity index is 735. The van der Waals surface area contributed by atoms with E-state index in [9.17, 15) is 4.79 Å². The number of pyridine rings is 1. The highest BCUT2D eigenvalue weighted by atomic mass is 32.2. The fraction of sp³-hybridized carbons (Fsp3) is 0.429. The molecule has 0 bridgehead atoms. The van der Waals surface area contributed by atoms with E-state index < -0.39 is 0 Å². The first kappa shape index (κ1) is 18.8. The molecule has 2 amide bonds. The van der Waals surface area contributed by atoms with Gasteiger partial charge in [-0.15, -0.1) is 11.8 Å². The second-order valence-corrected chi connectivity index (χ2v) is 8.44. The fourth-order valence-electron chi connectivity index (χ4n) is 3.35. The van der Waals surface area contributed by atoms with Crippen LogP contribution in [-0.4, -0.2) is 28.2 Å².